The molecule has 0 N–H and O–H groups in total. The van der Waals surface area contributed by atoms with E-state index in [-0.39, 0.29) is 0 Å². The normalized spacial score (nSPS) is 12.2. The summed E-state index contributed by atoms with van der Waals surface area (Å²) in [5, 5.41) is 0. The Morgan fingerprint density at radius 2 is 0.307 bits per heavy atom. The van der Waals surface area contributed by atoms with E-state index in [4.69, 9.17) is 3.32 Å². The van der Waals surface area contributed by atoms with Gasteiger partial charge in [-0.25, -0.2) is 0 Å². The van der Waals surface area contributed by atoms with Gasteiger partial charge in [0.1, 0.15) is 0 Å². The first kappa shape index (κ1) is 75.6. The van der Waals surface area contributed by atoms with Crippen LogP contribution in [0.1, 0.15) is 408 Å². The van der Waals surface area contributed by atoms with Gasteiger partial charge in [0.15, 0.2) is 0 Å². The Hall–Kier alpha value is 0.554. The van der Waals surface area contributed by atoms with Crippen molar-refractivity contribution < 1.29 is 21.1 Å². The van der Waals surface area contributed by atoms with Crippen LogP contribution in [0.15, 0.2) is 0 Å². The first-order valence-corrected chi connectivity index (χ1v) is 38.7. The first-order valence-electron chi connectivity index (χ1n) is 36.0. The van der Waals surface area contributed by atoms with Gasteiger partial charge >= 0.3 is 485 Å². The summed E-state index contributed by atoms with van der Waals surface area (Å²) in [4.78, 5) is 0. The second kappa shape index (κ2) is 63.7. The van der Waals surface area contributed by atoms with Crippen molar-refractivity contribution in [1.82, 2.24) is 10.1 Å². The van der Waals surface area contributed by atoms with E-state index in [2.05, 4.69) is 58.6 Å². The standard InChI is InChI=1S/3C20H42N.C10H21O.Ti/c3*1-3-5-7-9-11-13-15-17-19-21-20-18-16-14-12-10-8-6-4-2;1-2-3-4-5-6-7-8-9-10-11;/h3*3-20H2,1-2H3;2-10H2,1H3;/q4*-1;+4. The zero-order valence-corrected chi connectivity index (χ0v) is 55.4. The van der Waals surface area contributed by atoms with Crippen LogP contribution in [0.4, 0.5) is 0 Å². The fraction of sp³-hybridized carbons (Fsp3) is 1.00. The molecule has 0 heterocycles. The molecule has 452 valence electrons. The molecule has 0 aliphatic rings. The second-order valence-electron chi connectivity index (χ2n) is 24.7. The molecule has 0 bridgehead atoms. The third-order valence-electron chi connectivity index (χ3n) is 17.2. The molecule has 0 aromatic carbocycles. The number of hydrogen-bond donors (Lipinski definition) is 0. The molecule has 0 saturated carbocycles. The number of hydrogen-bond acceptors (Lipinski definition) is 4. The molecular weight excluding hydrogens is 947 g/mol. The van der Waals surface area contributed by atoms with E-state index >= 15 is 0 Å². The van der Waals surface area contributed by atoms with E-state index in [1.54, 1.807) is 0 Å². The summed E-state index contributed by atoms with van der Waals surface area (Å²) in [6, 6.07) is 0. The summed E-state index contributed by atoms with van der Waals surface area (Å²) in [7, 11) is 0. The molecule has 0 aromatic rings. The van der Waals surface area contributed by atoms with Crippen LogP contribution >= 0.6 is 0 Å². The molecule has 0 unspecified atom stereocenters. The molecule has 4 nitrogen and oxygen atoms in total. The molecule has 5 heteroatoms. The maximum absolute atomic E-state index is 8.36. The zero-order chi connectivity index (χ0) is 54.5. The van der Waals surface area contributed by atoms with Crippen LogP contribution in [0.25, 0.3) is 0 Å². The van der Waals surface area contributed by atoms with Crippen LogP contribution in [-0.2, 0) is 21.1 Å². The van der Waals surface area contributed by atoms with Crippen LogP contribution in [0.3, 0.4) is 0 Å². The number of rotatable bonds is 67. The SMILES string of the molecule is CCCCCCCCCC[O][Ti]([N](CCCCCCCCCC)CCCCCCCCCC)([N](CCCCCCCCCC)CCCCCCCCCC)[N](CCCCCCCCCC)CCCCCCCCCC. The van der Waals surface area contributed by atoms with Crippen LogP contribution in [0.5, 0.6) is 0 Å². The summed E-state index contributed by atoms with van der Waals surface area (Å²) in [6.45, 7) is 25.2. The van der Waals surface area contributed by atoms with Crippen molar-refractivity contribution in [1.29, 1.82) is 0 Å². The van der Waals surface area contributed by atoms with Crippen molar-refractivity contribution in [3.8, 4) is 0 Å². The molecule has 0 saturated heterocycles. The van der Waals surface area contributed by atoms with E-state index in [1.165, 1.54) is 399 Å². The molecule has 0 spiro atoms. The van der Waals surface area contributed by atoms with Crippen molar-refractivity contribution in [2.24, 2.45) is 0 Å². The van der Waals surface area contributed by atoms with E-state index < -0.39 is 17.7 Å². The predicted molar refractivity (Wildman–Crippen MR) is 339 cm³/mol. The van der Waals surface area contributed by atoms with Gasteiger partial charge < -0.3 is 0 Å². The Morgan fingerprint density at radius 1 is 0.173 bits per heavy atom. The van der Waals surface area contributed by atoms with Crippen molar-refractivity contribution in [3.63, 3.8) is 0 Å². The second-order valence-corrected chi connectivity index (χ2v) is 29.9. The fourth-order valence-corrected chi connectivity index (χ4v) is 19.7. The van der Waals surface area contributed by atoms with E-state index in [0.29, 0.717) is 0 Å². The third kappa shape index (κ3) is 47.9. The van der Waals surface area contributed by atoms with Crippen molar-refractivity contribution in [3.05, 3.63) is 0 Å². The molecule has 0 amide bonds. The minimum absolute atomic E-state index is 0.997. The van der Waals surface area contributed by atoms with Gasteiger partial charge in [-0.3, -0.25) is 0 Å². The average Bonchev–Trinajstić information content (AvgIpc) is 3.42. The molecule has 0 rings (SSSR count). The topological polar surface area (TPSA) is 19.0 Å². The van der Waals surface area contributed by atoms with Crippen molar-refractivity contribution >= 4 is 0 Å². The molecular formula is C70H147N3OTi. The molecule has 75 heavy (non-hydrogen) atoms. The predicted octanol–water partition coefficient (Wildman–Crippen LogP) is 24.7. The van der Waals surface area contributed by atoms with Gasteiger partial charge in [0.2, 0.25) is 0 Å². The zero-order valence-electron chi connectivity index (χ0n) is 53.8. The Labute approximate surface area is 482 Å². The quantitative estimate of drug-likeness (QED) is 0.0446. The van der Waals surface area contributed by atoms with Crippen LogP contribution in [0, 0.1) is 0 Å². The van der Waals surface area contributed by atoms with Gasteiger partial charge in [-0.2, -0.15) is 0 Å². The summed E-state index contributed by atoms with van der Waals surface area (Å²) in [5.41, 5.74) is 0. The molecule has 0 atom stereocenters. The summed E-state index contributed by atoms with van der Waals surface area (Å²) >= 11 is -3.60. The summed E-state index contributed by atoms with van der Waals surface area (Å²) < 4.78 is 18.2. The molecule has 0 aromatic heterocycles. The van der Waals surface area contributed by atoms with Crippen LogP contribution in [0.2, 0.25) is 0 Å². The fourth-order valence-electron chi connectivity index (χ4n) is 12.1. The summed E-state index contributed by atoms with van der Waals surface area (Å²) in [5.74, 6) is 0. The summed E-state index contributed by atoms with van der Waals surface area (Å²) in [6.07, 6.45) is 78.7. The minimum atomic E-state index is -3.60. The third-order valence-corrected chi connectivity index (χ3v) is 24.1. The Balaban J connectivity index is 7.49. The van der Waals surface area contributed by atoms with E-state index in [1.807, 2.05) is 0 Å². The van der Waals surface area contributed by atoms with Crippen molar-refractivity contribution in [2.45, 2.75) is 408 Å². The van der Waals surface area contributed by atoms with Gasteiger partial charge in [-0.15, -0.1) is 0 Å². The van der Waals surface area contributed by atoms with E-state index in [0.717, 1.165) is 6.61 Å². The van der Waals surface area contributed by atoms with Gasteiger partial charge in [0, 0.05) is 0 Å². The van der Waals surface area contributed by atoms with Crippen molar-refractivity contribution in [2.75, 3.05) is 45.9 Å². The van der Waals surface area contributed by atoms with Gasteiger partial charge in [-0.05, 0) is 0 Å². The Morgan fingerprint density at radius 3 is 0.467 bits per heavy atom. The average molecular weight is 1090 g/mol. The molecule has 0 fully saturated rings. The molecule has 0 aliphatic heterocycles. The monoisotopic (exact) mass is 1090 g/mol. The van der Waals surface area contributed by atoms with E-state index in [9.17, 15) is 0 Å². The number of unbranched alkanes of at least 4 members (excludes halogenated alkanes) is 49. The Kier molecular flexibility index (Phi) is 64.2. The first-order chi connectivity index (χ1) is 37.1. The van der Waals surface area contributed by atoms with Gasteiger partial charge in [0.25, 0.3) is 0 Å². The number of nitrogens with zero attached hydrogens (tertiary/aromatic N) is 3. The van der Waals surface area contributed by atoms with Gasteiger partial charge in [0.05, 0.1) is 0 Å². The molecule has 0 radical (unpaired) electrons. The van der Waals surface area contributed by atoms with Crippen LogP contribution in [-0.4, -0.2) is 56.0 Å². The Bertz CT molecular complexity index is 860. The van der Waals surface area contributed by atoms with Crippen LogP contribution < -0.4 is 0 Å². The molecule has 0 aliphatic carbocycles. The maximum atomic E-state index is 8.36. The van der Waals surface area contributed by atoms with Gasteiger partial charge in [-0.1, -0.05) is 0 Å².